The van der Waals surface area contributed by atoms with Gasteiger partial charge in [-0.05, 0) is 24.3 Å². The van der Waals surface area contributed by atoms with Gasteiger partial charge in [-0.15, -0.1) is 11.8 Å². The lowest BCUT2D eigenvalue weighted by atomic mass is 10.1. The van der Waals surface area contributed by atoms with Crippen LogP contribution in [0.1, 0.15) is 21.3 Å². The third-order valence-electron chi connectivity index (χ3n) is 3.40. The van der Waals surface area contributed by atoms with Gasteiger partial charge in [0.25, 0.3) is 5.91 Å². The molecule has 3 rings (SSSR count). The zero-order valence-electron chi connectivity index (χ0n) is 11.1. The number of hydrogen-bond donors (Lipinski definition) is 0. The molecule has 108 valence electrons. The van der Waals surface area contributed by atoms with Crippen molar-refractivity contribution in [3.63, 3.8) is 0 Å². The van der Waals surface area contributed by atoms with Crippen molar-refractivity contribution in [1.82, 2.24) is 4.90 Å². The molecule has 1 heterocycles. The molecule has 1 aliphatic heterocycles. The number of halogens is 2. The molecule has 0 N–H and O–H groups in total. The minimum atomic E-state index is -0.0533. The van der Waals surface area contributed by atoms with Gasteiger partial charge in [-0.2, -0.15) is 0 Å². The number of thioether (sulfide) groups is 1. The highest BCUT2D eigenvalue weighted by Crippen LogP contribution is 2.42. The van der Waals surface area contributed by atoms with Gasteiger partial charge in [0, 0.05) is 33.5 Å². The third-order valence-corrected chi connectivity index (χ3v) is 5.21. The molecular weight excluding hydrogens is 325 g/mol. The van der Waals surface area contributed by atoms with E-state index in [0.717, 1.165) is 17.9 Å². The molecule has 1 atom stereocenters. The normalized spacial score (nSPS) is 18.0. The van der Waals surface area contributed by atoms with Crippen molar-refractivity contribution < 1.29 is 4.79 Å². The fraction of sp³-hybridized carbons (Fsp3) is 0.188. The number of carbonyl (C=O) groups excluding carboxylic acids is 1. The third kappa shape index (κ3) is 3.05. The van der Waals surface area contributed by atoms with Gasteiger partial charge >= 0.3 is 0 Å². The van der Waals surface area contributed by atoms with Crippen molar-refractivity contribution in [2.75, 3.05) is 12.3 Å². The second-order valence-electron chi connectivity index (χ2n) is 4.75. The van der Waals surface area contributed by atoms with Gasteiger partial charge in [0.05, 0.1) is 0 Å². The first kappa shape index (κ1) is 14.8. The molecule has 1 aliphatic rings. The fourth-order valence-electron chi connectivity index (χ4n) is 2.38. The molecule has 0 radical (unpaired) electrons. The van der Waals surface area contributed by atoms with Crippen molar-refractivity contribution >= 4 is 40.9 Å². The molecule has 2 nitrogen and oxygen atoms in total. The predicted molar refractivity (Wildman–Crippen MR) is 89.1 cm³/mol. The van der Waals surface area contributed by atoms with Gasteiger partial charge in [0.2, 0.25) is 0 Å². The van der Waals surface area contributed by atoms with E-state index in [9.17, 15) is 4.79 Å². The molecule has 1 fully saturated rings. The average molecular weight is 338 g/mol. The van der Waals surface area contributed by atoms with Crippen molar-refractivity contribution in [2.24, 2.45) is 0 Å². The van der Waals surface area contributed by atoms with E-state index in [0.29, 0.717) is 15.6 Å². The van der Waals surface area contributed by atoms with E-state index < -0.39 is 0 Å². The van der Waals surface area contributed by atoms with Gasteiger partial charge in [-0.1, -0.05) is 47.5 Å². The van der Waals surface area contributed by atoms with Crippen LogP contribution in [0.15, 0.2) is 48.5 Å². The van der Waals surface area contributed by atoms with Gasteiger partial charge in [-0.3, -0.25) is 4.79 Å². The average Bonchev–Trinajstić information content (AvgIpc) is 2.96. The van der Waals surface area contributed by atoms with Crippen LogP contribution in [0.5, 0.6) is 0 Å². The number of nitrogens with zero attached hydrogens (tertiary/aromatic N) is 1. The standard InChI is InChI=1S/C16H13Cl2NOS/c17-12-6-7-13(14(18)10-12)16-19(8-9-21-16)15(20)11-4-2-1-3-5-11/h1-7,10,16H,8-9H2/t16-/m1/s1. The van der Waals surface area contributed by atoms with E-state index in [1.54, 1.807) is 17.8 Å². The molecule has 21 heavy (non-hydrogen) atoms. The molecule has 1 saturated heterocycles. The quantitative estimate of drug-likeness (QED) is 0.778. The SMILES string of the molecule is O=C(c1ccccc1)N1CCS[C@@H]1c1ccc(Cl)cc1Cl. The second-order valence-corrected chi connectivity index (χ2v) is 6.79. The summed E-state index contributed by atoms with van der Waals surface area (Å²) in [5.74, 6) is 0.943. The Hall–Kier alpha value is -1.16. The molecule has 0 unspecified atom stereocenters. The molecule has 5 heteroatoms. The van der Waals surface area contributed by atoms with Gasteiger partial charge in [-0.25, -0.2) is 0 Å². The first-order chi connectivity index (χ1) is 10.2. The van der Waals surface area contributed by atoms with Gasteiger partial charge in [0.1, 0.15) is 5.37 Å². The van der Waals surface area contributed by atoms with Crippen LogP contribution in [0.4, 0.5) is 0 Å². The maximum absolute atomic E-state index is 12.7. The van der Waals surface area contributed by atoms with Crippen molar-refractivity contribution in [2.45, 2.75) is 5.37 Å². The summed E-state index contributed by atoms with van der Waals surface area (Å²) in [5, 5.41) is 1.16. The van der Waals surface area contributed by atoms with E-state index in [4.69, 9.17) is 23.2 Å². The number of carbonyl (C=O) groups is 1. The van der Waals surface area contributed by atoms with Crippen LogP contribution in [-0.2, 0) is 0 Å². The number of benzene rings is 2. The summed E-state index contributed by atoms with van der Waals surface area (Å²) in [7, 11) is 0. The molecule has 0 aromatic heterocycles. The first-order valence-electron chi connectivity index (χ1n) is 6.59. The Morgan fingerprint density at radius 2 is 1.90 bits per heavy atom. The first-order valence-corrected chi connectivity index (χ1v) is 8.40. The van der Waals surface area contributed by atoms with Crippen LogP contribution in [0.25, 0.3) is 0 Å². The van der Waals surface area contributed by atoms with Crippen LogP contribution in [0.2, 0.25) is 10.0 Å². The molecular formula is C16H13Cl2NOS. The summed E-state index contributed by atoms with van der Waals surface area (Å²) in [6.07, 6.45) is 0. The number of rotatable bonds is 2. The topological polar surface area (TPSA) is 20.3 Å². The highest BCUT2D eigenvalue weighted by molar-refractivity contribution is 7.99. The van der Waals surface area contributed by atoms with E-state index in [1.807, 2.05) is 47.4 Å². The largest absolute Gasteiger partial charge is 0.322 e. The van der Waals surface area contributed by atoms with Gasteiger partial charge in [0.15, 0.2) is 0 Å². The molecule has 1 amide bonds. The Morgan fingerprint density at radius 3 is 2.62 bits per heavy atom. The minimum Gasteiger partial charge on any atom is -0.322 e. The Balaban J connectivity index is 1.91. The lowest BCUT2D eigenvalue weighted by Crippen LogP contribution is -2.30. The van der Waals surface area contributed by atoms with Crippen LogP contribution in [0, 0.1) is 0 Å². The van der Waals surface area contributed by atoms with Crippen LogP contribution >= 0.6 is 35.0 Å². The van der Waals surface area contributed by atoms with E-state index >= 15 is 0 Å². The minimum absolute atomic E-state index is 0.0385. The summed E-state index contributed by atoms with van der Waals surface area (Å²) in [4.78, 5) is 14.5. The molecule has 2 aromatic rings. The number of amides is 1. The highest BCUT2D eigenvalue weighted by Gasteiger charge is 2.32. The zero-order chi connectivity index (χ0) is 14.8. The summed E-state index contributed by atoms with van der Waals surface area (Å²) >= 11 is 14.0. The van der Waals surface area contributed by atoms with Crippen LogP contribution in [0.3, 0.4) is 0 Å². The van der Waals surface area contributed by atoms with E-state index in [1.165, 1.54) is 0 Å². The molecule has 0 bridgehead atoms. The summed E-state index contributed by atoms with van der Waals surface area (Å²) in [6.45, 7) is 0.724. The Kier molecular flexibility index (Phi) is 4.43. The van der Waals surface area contributed by atoms with Crippen molar-refractivity contribution in [3.8, 4) is 0 Å². The zero-order valence-corrected chi connectivity index (χ0v) is 13.5. The van der Waals surface area contributed by atoms with E-state index in [-0.39, 0.29) is 11.3 Å². The second kappa shape index (κ2) is 6.30. The van der Waals surface area contributed by atoms with Crippen LogP contribution < -0.4 is 0 Å². The fourth-order valence-corrected chi connectivity index (χ4v) is 4.25. The molecule has 0 spiro atoms. The molecule has 2 aromatic carbocycles. The van der Waals surface area contributed by atoms with Crippen molar-refractivity contribution in [3.05, 3.63) is 69.7 Å². The van der Waals surface area contributed by atoms with Crippen LogP contribution in [-0.4, -0.2) is 23.1 Å². The Bertz CT molecular complexity index is 663. The highest BCUT2D eigenvalue weighted by atomic mass is 35.5. The maximum Gasteiger partial charge on any atom is 0.255 e. The molecule has 0 saturated carbocycles. The lowest BCUT2D eigenvalue weighted by molar-refractivity contribution is 0.0760. The Labute approximate surface area is 138 Å². The smallest absolute Gasteiger partial charge is 0.255 e. The number of hydrogen-bond acceptors (Lipinski definition) is 2. The van der Waals surface area contributed by atoms with Gasteiger partial charge < -0.3 is 4.90 Å². The lowest BCUT2D eigenvalue weighted by Gasteiger charge is -2.25. The summed E-state index contributed by atoms with van der Waals surface area (Å²) in [6, 6.07) is 14.8. The van der Waals surface area contributed by atoms with E-state index in [2.05, 4.69) is 0 Å². The summed E-state index contributed by atoms with van der Waals surface area (Å²) < 4.78 is 0. The predicted octanol–water partition coefficient (Wildman–Crippen LogP) is 4.88. The summed E-state index contributed by atoms with van der Waals surface area (Å²) in [5.41, 5.74) is 1.64. The Morgan fingerprint density at radius 1 is 1.14 bits per heavy atom. The molecule has 0 aliphatic carbocycles. The van der Waals surface area contributed by atoms with Crippen molar-refractivity contribution in [1.29, 1.82) is 0 Å². The monoisotopic (exact) mass is 337 g/mol. The maximum atomic E-state index is 12.7.